The molecular formula is C21H22Cl2N4O2S. The van der Waals surface area contributed by atoms with Crippen molar-refractivity contribution in [3.63, 3.8) is 0 Å². The molecule has 0 aliphatic carbocycles. The summed E-state index contributed by atoms with van der Waals surface area (Å²) < 4.78 is 8.03. The highest BCUT2D eigenvalue weighted by Crippen LogP contribution is 2.28. The van der Waals surface area contributed by atoms with E-state index in [9.17, 15) is 4.79 Å². The van der Waals surface area contributed by atoms with Crippen LogP contribution in [-0.2, 0) is 11.3 Å². The van der Waals surface area contributed by atoms with E-state index in [2.05, 4.69) is 15.5 Å². The first kappa shape index (κ1) is 22.5. The summed E-state index contributed by atoms with van der Waals surface area (Å²) in [6.45, 7) is 6.60. The smallest absolute Gasteiger partial charge is 0.234 e. The molecule has 158 valence electrons. The Kier molecular flexibility index (Phi) is 7.64. The number of nitrogens with zero attached hydrogens (tertiary/aromatic N) is 3. The zero-order valence-electron chi connectivity index (χ0n) is 16.9. The maximum Gasteiger partial charge on any atom is 0.234 e. The second-order valence-corrected chi connectivity index (χ2v) is 8.36. The first-order valence-electron chi connectivity index (χ1n) is 9.42. The Morgan fingerprint density at radius 2 is 2.00 bits per heavy atom. The topological polar surface area (TPSA) is 69.0 Å². The fourth-order valence-electron chi connectivity index (χ4n) is 2.84. The number of aromatic nitrogens is 3. The number of ether oxygens (including phenoxy) is 1. The number of nitrogens with one attached hydrogen (secondary N) is 1. The molecule has 30 heavy (non-hydrogen) atoms. The molecule has 2 aromatic carbocycles. The SMILES string of the molecule is CCn1c(SCC(=O)Nc2ccc(Cl)cc2Cl)nnc1C(C)Oc1ccccc1C. The molecule has 0 saturated heterocycles. The van der Waals surface area contributed by atoms with E-state index in [0.717, 1.165) is 11.3 Å². The van der Waals surface area contributed by atoms with Crippen molar-refractivity contribution in [1.29, 1.82) is 0 Å². The van der Waals surface area contributed by atoms with Gasteiger partial charge in [-0.3, -0.25) is 4.79 Å². The summed E-state index contributed by atoms with van der Waals surface area (Å²) in [6.07, 6.45) is -0.283. The molecule has 1 aromatic heterocycles. The highest BCUT2D eigenvalue weighted by atomic mass is 35.5. The van der Waals surface area contributed by atoms with Crippen molar-refractivity contribution in [3.8, 4) is 5.75 Å². The van der Waals surface area contributed by atoms with E-state index >= 15 is 0 Å². The molecule has 0 aliphatic heterocycles. The highest BCUT2D eigenvalue weighted by molar-refractivity contribution is 7.99. The largest absolute Gasteiger partial charge is 0.482 e. The zero-order chi connectivity index (χ0) is 21.7. The van der Waals surface area contributed by atoms with Crippen LogP contribution in [0.5, 0.6) is 5.75 Å². The Morgan fingerprint density at radius 1 is 1.23 bits per heavy atom. The number of carbonyl (C=O) groups is 1. The summed E-state index contributed by atoms with van der Waals surface area (Å²) in [5, 5.41) is 12.9. The Bertz CT molecular complexity index is 1040. The standard InChI is InChI=1S/C21H22Cl2N4O2S/c1-4-27-20(14(3)29-18-8-6-5-7-13(18)2)25-26-21(27)30-12-19(28)24-17-10-9-15(22)11-16(17)23/h5-11,14H,4,12H2,1-3H3,(H,24,28). The number of benzene rings is 2. The van der Waals surface area contributed by atoms with Crippen LogP contribution in [-0.4, -0.2) is 26.4 Å². The van der Waals surface area contributed by atoms with Gasteiger partial charge in [-0.2, -0.15) is 0 Å². The molecule has 0 spiro atoms. The van der Waals surface area contributed by atoms with Crippen LogP contribution >= 0.6 is 35.0 Å². The number of anilines is 1. The number of hydrogen-bond donors (Lipinski definition) is 1. The van der Waals surface area contributed by atoms with Crippen LogP contribution in [0, 0.1) is 6.92 Å². The van der Waals surface area contributed by atoms with Gasteiger partial charge >= 0.3 is 0 Å². The van der Waals surface area contributed by atoms with E-state index < -0.39 is 0 Å². The normalized spacial score (nSPS) is 11.9. The predicted molar refractivity (Wildman–Crippen MR) is 122 cm³/mol. The van der Waals surface area contributed by atoms with Gasteiger partial charge in [0.25, 0.3) is 0 Å². The van der Waals surface area contributed by atoms with Gasteiger partial charge in [0, 0.05) is 11.6 Å². The summed E-state index contributed by atoms with van der Waals surface area (Å²) >= 11 is 13.3. The van der Waals surface area contributed by atoms with Crippen molar-refractivity contribution in [2.24, 2.45) is 0 Å². The van der Waals surface area contributed by atoms with E-state index in [4.69, 9.17) is 27.9 Å². The van der Waals surface area contributed by atoms with Crippen molar-refractivity contribution in [2.45, 2.75) is 38.6 Å². The van der Waals surface area contributed by atoms with Crippen LogP contribution in [0.2, 0.25) is 10.0 Å². The average Bonchev–Trinajstić information content (AvgIpc) is 3.13. The average molecular weight is 465 g/mol. The first-order valence-corrected chi connectivity index (χ1v) is 11.2. The summed E-state index contributed by atoms with van der Waals surface area (Å²) in [7, 11) is 0. The van der Waals surface area contributed by atoms with Gasteiger partial charge in [0.15, 0.2) is 17.1 Å². The minimum atomic E-state index is -0.283. The molecule has 0 saturated carbocycles. The van der Waals surface area contributed by atoms with Crippen LogP contribution in [0.1, 0.15) is 31.3 Å². The van der Waals surface area contributed by atoms with Crippen molar-refractivity contribution >= 4 is 46.6 Å². The van der Waals surface area contributed by atoms with Crippen molar-refractivity contribution in [3.05, 3.63) is 63.9 Å². The van der Waals surface area contributed by atoms with E-state index in [1.54, 1.807) is 18.2 Å². The van der Waals surface area contributed by atoms with Crippen LogP contribution in [0.15, 0.2) is 47.6 Å². The number of carbonyl (C=O) groups excluding carboxylic acids is 1. The molecular weight excluding hydrogens is 443 g/mol. The quantitative estimate of drug-likeness (QED) is 0.427. The Hall–Kier alpha value is -2.22. The minimum Gasteiger partial charge on any atom is -0.482 e. The van der Waals surface area contributed by atoms with Gasteiger partial charge in [-0.15, -0.1) is 10.2 Å². The number of halogens is 2. The molecule has 9 heteroatoms. The second-order valence-electron chi connectivity index (χ2n) is 6.57. The number of rotatable bonds is 8. The highest BCUT2D eigenvalue weighted by Gasteiger charge is 2.20. The number of aryl methyl sites for hydroxylation is 1. The molecule has 6 nitrogen and oxygen atoms in total. The van der Waals surface area contributed by atoms with E-state index in [-0.39, 0.29) is 17.8 Å². The summed E-state index contributed by atoms with van der Waals surface area (Å²) in [6, 6.07) is 12.8. The Labute approximate surface area is 189 Å². The summed E-state index contributed by atoms with van der Waals surface area (Å²) in [4.78, 5) is 12.3. The maximum absolute atomic E-state index is 12.3. The molecule has 3 aromatic rings. The first-order chi connectivity index (χ1) is 14.4. The lowest BCUT2D eigenvalue weighted by molar-refractivity contribution is -0.113. The lowest BCUT2D eigenvalue weighted by Crippen LogP contribution is -2.15. The van der Waals surface area contributed by atoms with E-state index in [0.29, 0.717) is 33.3 Å². The second kappa shape index (κ2) is 10.2. The molecule has 3 rings (SSSR count). The number of amides is 1. The van der Waals surface area contributed by atoms with Crippen LogP contribution in [0.25, 0.3) is 0 Å². The molecule has 1 unspecified atom stereocenters. The van der Waals surface area contributed by atoms with E-state index in [1.807, 2.05) is 49.6 Å². The lowest BCUT2D eigenvalue weighted by atomic mass is 10.2. The molecule has 1 N–H and O–H groups in total. The van der Waals surface area contributed by atoms with Crippen LogP contribution in [0.3, 0.4) is 0 Å². The van der Waals surface area contributed by atoms with Gasteiger partial charge in [-0.25, -0.2) is 0 Å². The fraction of sp³-hybridized carbons (Fsp3) is 0.286. The zero-order valence-corrected chi connectivity index (χ0v) is 19.2. The van der Waals surface area contributed by atoms with Gasteiger partial charge in [0.2, 0.25) is 5.91 Å². The molecule has 0 bridgehead atoms. The minimum absolute atomic E-state index is 0.171. The summed E-state index contributed by atoms with van der Waals surface area (Å²) in [5.74, 6) is 1.50. The Balaban J connectivity index is 1.65. The van der Waals surface area contributed by atoms with Gasteiger partial charge in [-0.1, -0.05) is 53.2 Å². The van der Waals surface area contributed by atoms with Crippen molar-refractivity contribution in [2.75, 3.05) is 11.1 Å². The third kappa shape index (κ3) is 5.47. The molecule has 1 heterocycles. The number of thioether (sulfide) groups is 1. The van der Waals surface area contributed by atoms with Gasteiger partial charge < -0.3 is 14.6 Å². The third-order valence-electron chi connectivity index (χ3n) is 4.36. The maximum atomic E-state index is 12.3. The molecule has 0 radical (unpaired) electrons. The monoisotopic (exact) mass is 464 g/mol. The molecule has 0 aliphatic rings. The molecule has 0 fully saturated rings. The van der Waals surface area contributed by atoms with Gasteiger partial charge in [-0.05, 0) is 50.6 Å². The van der Waals surface area contributed by atoms with Gasteiger partial charge in [0.05, 0.1) is 16.5 Å². The molecule has 1 atom stereocenters. The van der Waals surface area contributed by atoms with Gasteiger partial charge in [0.1, 0.15) is 5.75 Å². The number of hydrogen-bond acceptors (Lipinski definition) is 5. The predicted octanol–water partition coefficient (Wildman–Crippen LogP) is 5.78. The molecule has 1 amide bonds. The van der Waals surface area contributed by atoms with Crippen LogP contribution < -0.4 is 10.1 Å². The summed E-state index contributed by atoms with van der Waals surface area (Å²) in [5.41, 5.74) is 1.57. The fourth-order valence-corrected chi connectivity index (χ4v) is 4.11. The third-order valence-corrected chi connectivity index (χ3v) is 5.87. The van der Waals surface area contributed by atoms with Crippen molar-refractivity contribution in [1.82, 2.24) is 14.8 Å². The number of para-hydroxylation sites is 1. The van der Waals surface area contributed by atoms with Crippen LogP contribution in [0.4, 0.5) is 5.69 Å². The van der Waals surface area contributed by atoms with E-state index in [1.165, 1.54) is 11.8 Å². The Morgan fingerprint density at radius 3 is 2.70 bits per heavy atom. The van der Waals surface area contributed by atoms with Crippen molar-refractivity contribution < 1.29 is 9.53 Å². The lowest BCUT2D eigenvalue weighted by Gasteiger charge is -2.17.